The lowest BCUT2D eigenvalue weighted by atomic mass is 9.80. The van der Waals surface area contributed by atoms with Crippen LogP contribution in [0.25, 0.3) is 0 Å². The number of rotatable bonds is 4. The van der Waals surface area contributed by atoms with Crippen LogP contribution in [0.3, 0.4) is 0 Å². The highest BCUT2D eigenvalue weighted by Gasteiger charge is 2.25. The van der Waals surface area contributed by atoms with Gasteiger partial charge in [0.05, 0.1) is 0 Å². The van der Waals surface area contributed by atoms with E-state index in [2.05, 4.69) is 27.8 Å². The molecule has 17 heavy (non-hydrogen) atoms. The topological polar surface area (TPSA) is 66.9 Å². The zero-order valence-corrected chi connectivity index (χ0v) is 10.2. The fraction of sp³-hybridized carbons (Fsp3) is 0.583. The Bertz CT molecular complexity index is 386. The minimum Gasteiger partial charge on any atom is -0.372 e. The summed E-state index contributed by atoms with van der Waals surface area (Å²) < 4.78 is 0. The third kappa shape index (κ3) is 2.72. The van der Waals surface area contributed by atoms with Gasteiger partial charge in [0.2, 0.25) is 0 Å². The van der Waals surface area contributed by atoms with Crippen molar-refractivity contribution in [3.63, 3.8) is 0 Å². The van der Waals surface area contributed by atoms with E-state index < -0.39 is 0 Å². The molecule has 5 heteroatoms. The first-order chi connectivity index (χ1) is 8.20. The van der Waals surface area contributed by atoms with Gasteiger partial charge in [-0.2, -0.15) is 0 Å². The van der Waals surface area contributed by atoms with E-state index in [0.29, 0.717) is 17.4 Å². The maximum Gasteiger partial charge on any atom is 0.272 e. The highest BCUT2D eigenvalue weighted by molar-refractivity contribution is 5.92. The molecular formula is C12H18N4O. The van der Waals surface area contributed by atoms with E-state index in [4.69, 9.17) is 0 Å². The first-order valence-corrected chi connectivity index (χ1v) is 6.03. The van der Waals surface area contributed by atoms with E-state index in [1.165, 1.54) is 19.3 Å². The standard InChI is InChI=1S/C12H18N4O/c1-8(9-4-3-5-9)14-12(17)10-6-7-11(13-2)16-15-10/h6-9H,3-5H2,1-2H3,(H,13,16)(H,14,17). The number of hydrogen-bond acceptors (Lipinski definition) is 4. The Morgan fingerprint density at radius 1 is 1.41 bits per heavy atom. The van der Waals surface area contributed by atoms with Crippen LogP contribution in [0.4, 0.5) is 5.82 Å². The quantitative estimate of drug-likeness (QED) is 0.827. The molecule has 0 saturated heterocycles. The van der Waals surface area contributed by atoms with Gasteiger partial charge in [-0.1, -0.05) is 6.42 Å². The van der Waals surface area contributed by atoms with Crippen molar-refractivity contribution in [1.29, 1.82) is 0 Å². The van der Waals surface area contributed by atoms with Gasteiger partial charge in [0, 0.05) is 13.1 Å². The monoisotopic (exact) mass is 234 g/mol. The Balaban J connectivity index is 1.93. The third-order valence-electron chi connectivity index (χ3n) is 3.37. The molecule has 1 aromatic heterocycles. The number of aromatic nitrogens is 2. The fourth-order valence-corrected chi connectivity index (χ4v) is 1.93. The average molecular weight is 234 g/mol. The Hall–Kier alpha value is -1.65. The number of hydrogen-bond donors (Lipinski definition) is 2. The van der Waals surface area contributed by atoms with Crippen LogP contribution in [0.1, 0.15) is 36.7 Å². The second-order valence-corrected chi connectivity index (χ2v) is 4.51. The van der Waals surface area contributed by atoms with Crippen LogP contribution in [0.2, 0.25) is 0 Å². The van der Waals surface area contributed by atoms with E-state index in [-0.39, 0.29) is 11.9 Å². The second kappa shape index (κ2) is 5.12. The molecule has 0 radical (unpaired) electrons. The summed E-state index contributed by atoms with van der Waals surface area (Å²) in [5, 5.41) is 13.6. The van der Waals surface area contributed by atoms with Crippen LogP contribution in [-0.4, -0.2) is 29.2 Å². The molecule has 0 aliphatic heterocycles. The van der Waals surface area contributed by atoms with Gasteiger partial charge in [0.15, 0.2) is 5.69 Å². The maximum atomic E-state index is 11.9. The molecule has 0 spiro atoms. The Labute approximate surface area is 101 Å². The number of amides is 1. The van der Waals surface area contributed by atoms with Crippen LogP contribution < -0.4 is 10.6 Å². The molecule has 0 bridgehead atoms. The summed E-state index contributed by atoms with van der Waals surface area (Å²) in [5.74, 6) is 1.15. The fourth-order valence-electron chi connectivity index (χ4n) is 1.93. The van der Waals surface area contributed by atoms with E-state index in [9.17, 15) is 4.79 Å². The van der Waals surface area contributed by atoms with Gasteiger partial charge < -0.3 is 10.6 Å². The minimum absolute atomic E-state index is 0.139. The van der Waals surface area contributed by atoms with Crippen molar-refractivity contribution in [3.8, 4) is 0 Å². The van der Waals surface area contributed by atoms with Crippen molar-refractivity contribution < 1.29 is 4.79 Å². The summed E-state index contributed by atoms with van der Waals surface area (Å²) in [7, 11) is 1.77. The van der Waals surface area contributed by atoms with Gasteiger partial charge in [0.25, 0.3) is 5.91 Å². The Morgan fingerprint density at radius 2 is 2.18 bits per heavy atom. The molecule has 1 aromatic rings. The number of nitrogens with one attached hydrogen (secondary N) is 2. The summed E-state index contributed by atoms with van der Waals surface area (Å²) >= 11 is 0. The summed E-state index contributed by atoms with van der Waals surface area (Å²) in [4.78, 5) is 11.9. The van der Waals surface area contributed by atoms with Crippen molar-refractivity contribution in [2.24, 2.45) is 5.92 Å². The van der Waals surface area contributed by atoms with Crippen LogP contribution >= 0.6 is 0 Å². The number of nitrogens with zero attached hydrogens (tertiary/aromatic N) is 2. The Morgan fingerprint density at radius 3 is 2.65 bits per heavy atom. The van der Waals surface area contributed by atoms with E-state index in [1.807, 2.05) is 0 Å². The molecule has 1 fully saturated rings. The first-order valence-electron chi connectivity index (χ1n) is 6.03. The predicted octanol–water partition coefficient (Wildman–Crippen LogP) is 1.44. The molecule has 1 atom stereocenters. The molecule has 2 rings (SSSR count). The van der Waals surface area contributed by atoms with Crippen molar-refractivity contribution in [1.82, 2.24) is 15.5 Å². The van der Waals surface area contributed by atoms with Gasteiger partial charge >= 0.3 is 0 Å². The molecule has 1 saturated carbocycles. The van der Waals surface area contributed by atoms with Crippen LogP contribution in [0.5, 0.6) is 0 Å². The van der Waals surface area contributed by atoms with Gasteiger partial charge in [0.1, 0.15) is 5.82 Å². The van der Waals surface area contributed by atoms with Crippen molar-refractivity contribution in [3.05, 3.63) is 17.8 Å². The Kier molecular flexibility index (Phi) is 3.56. The van der Waals surface area contributed by atoms with Gasteiger partial charge in [-0.3, -0.25) is 4.79 Å². The molecule has 1 aliphatic rings. The highest BCUT2D eigenvalue weighted by atomic mass is 16.2. The summed E-state index contributed by atoms with van der Waals surface area (Å²) in [6.45, 7) is 2.05. The zero-order valence-electron chi connectivity index (χ0n) is 10.2. The van der Waals surface area contributed by atoms with Crippen LogP contribution in [0, 0.1) is 5.92 Å². The average Bonchev–Trinajstić information content (AvgIpc) is 2.26. The highest BCUT2D eigenvalue weighted by Crippen LogP contribution is 2.29. The molecule has 92 valence electrons. The molecule has 1 heterocycles. The molecule has 1 unspecified atom stereocenters. The number of carbonyl (C=O) groups is 1. The normalized spacial score (nSPS) is 17.1. The number of carbonyl (C=O) groups excluding carboxylic acids is 1. The molecule has 0 aromatic carbocycles. The van der Waals surface area contributed by atoms with E-state index in [0.717, 1.165) is 0 Å². The second-order valence-electron chi connectivity index (χ2n) is 4.51. The zero-order chi connectivity index (χ0) is 12.3. The maximum absolute atomic E-state index is 11.9. The molecule has 2 N–H and O–H groups in total. The van der Waals surface area contributed by atoms with Crippen molar-refractivity contribution >= 4 is 11.7 Å². The van der Waals surface area contributed by atoms with Crippen LogP contribution in [0.15, 0.2) is 12.1 Å². The van der Waals surface area contributed by atoms with Gasteiger partial charge in [-0.05, 0) is 37.8 Å². The third-order valence-corrected chi connectivity index (χ3v) is 3.37. The lowest BCUT2D eigenvalue weighted by molar-refractivity contribution is 0.0903. The smallest absolute Gasteiger partial charge is 0.272 e. The van der Waals surface area contributed by atoms with E-state index in [1.54, 1.807) is 19.2 Å². The van der Waals surface area contributed by atoms with Crippen molar-refractivity contribution in [2.75, 3.05) is 12.4 Å². The van der Waals surface area contributed by atoms with Crippen LogP contribution in [-0.2, 0) is 0 Å². The lowest BCUT2D eigenvalue weighted by Crippen LogP contribution is -2.41. The number of anilines is 1. The predicted molar refractivity (Wildman–Crippen MR) is 65.8 cm³/mol. The summed E-state index contributed by atoms with van der Waals surface area (Å²) in [5.41, 5.74) is 0.371. The first kappa shape index (κ1) is 11.8. The van der Waals surface area contributed by atoms with Crippen molar-refractivity contribution in [2.45, 2.75) is 32.2 Å². The SMILES string of the molecule is CNc1ccc(C(=O)NC(C)C2CCC2)nn1. The molecule has 1 amide bonds. The largest absolute Gasteiger partial charge is 0.372 e. The molecule has 5 nitrogen and oxygen atoms in total. The van der Waals surface area contributed by atoms with Gasteiger partial charge in [-0.25, -0.2) is 0 Å². The lowest BCUT2D eigenvalue weighted by Gasteiger charge is -2.31. The summed E-state index contributed by atoms with van der Waals surface area (Å²) in [6, 6.07) is 3.65. The van der Waals surface area contributed by atoms with E-state index >= 15 is 0 Å². The minimum atomic E-state index is -0.139. The molecular weight excluding hydrogens is 216 g/mol. The summed E-state index contributed by atoms with van der Waals surface area (Å²) in [6.07, 6.45) is 3.71. The van der Waals surface area contributed by atoms with Gasteiger partial charge in [-0.15, -0.1) is 10.2 Å². The molecule has 1 aliphatic carbocycles.